The highest BCUT2D eigenvalue weighted by molar-refractivity contribution is 9.10. The van der Waals surface area contributed by atoms with E-state index in [1.54, 1.807) is 16.6 Å². The molecular formula is C15H8BrN3O2. The van der Waals surface area contributed by atoms with Crippen molar-refractivity contribution in [2.75, 3.05) is 0 Å². The second-order valence-electron chi connectivity index (χ2n) is 4.57. The summed E-state index contributed by atoms with van der Waals surface area (Å²) in [5.41, 5.74) is 2.02. The van der Waals surface area contributed by atoms with Gasteiger partial charge >= 0.3 is 5.63 Å². The number of hydrogen-bond donors (Lipinski definition) is 0. The van der Waals surface area contributed by atoms with Gasteiger partial charge in [0.2, 0.25) is 0 Å². The number of rotatable bonds is 1. The number of para-hydroxylation sites is 1. The molecule has 0 saturated heterocycles. The molecule has 0 aliphatic carbocycles. The summed E-state index contributed by atoms with van der Waals surface area (Å²) >= 11 is 3.39. The molecule has 0 aliphatic rings. The third kappa shape index (κ3) is 1.87. The standard InChI is InChI=1S/C15H8BrN3O2/c16-10-7-5-9(6-8-10)13-14-19(18-17-13)12-4-2-1-3-11(12)15(20)21-14/h1-8H. The van der Waals surface area contributed by atoms with Crippen LogP contribution in [0.3, 0.4) is 0 Å². The Morgan fingerprint density at radius 2 is 1.81 bits per heavy atom. The molecular weight excluding hydrogens is 334 g/mol. The van der Waals surface area contributed by atoms with Crippen LogP contribution in [0.2, 0.25) is 0 Å². The van der Waals surface area contributed by atoms with Crippen LogP contribution in [0.25, 0.3) is 27.9 Å². The molecule has 0 bridgehead atoms. The summed E-state index contributed by atoms with van der Waals surface area (Å²) in [5, 5.41) is 8.74. The largest absolute Gasteiger partial charge is 0.401 e. The Kier molecular flexibility index (Phi) is 2.65. The van der Waals surface area contributed by atoms with Crippen molar-refractivity contribution in [3.63, 3.8) is 0 Å². The number of fused-ring (bicyclic) bond motifs is 3. The van der Waals surface area contributed by atoms with Gasteiger partial charge in [-0.15, -0.1) is 5.10 Å². The molecule has 5 nitrogen and oxygen atoms in total. The maximum absolute atomic E-state index is 12.1. The molecule has 0 N–H and O–H groups in total. The van der Waals surface area contributed by atoms with E-state index in [9.17, 15) is 4.79 Å². The van der Waals surface area contributed by atoms with Crippen molar-refractivity contribution in [1.82, 2.24) is 14.8 Å². The Bertz CT molecular complexity index is 1020. The van der Waals surface area contributed by atoms with Crippen LogP contribution >= 0.6 is 15.9 Å². The molecule has 0 fully saturated rings. The topological polar surface area (TPSA) is 60.4 Å². The summed E-state index contributed by atoms with van der Waals surface area (Å²) in [4.78, 5) is 12.1. The normalized spacial score (nSPS) is 11.3. The highest BCUT2D eigenvalue weighted by Crippen LogP contribution is 2.25. The third-order valence-electron chi connectivity index (χ3n) is 3.29. The lowest BCUT2D eigenvalue weighted by atomic mass is 10.2. The van der Waals surface area contributed by atoms with Crippen LogP contribution in [0.4, 0.5) is 0 Å². The van der Waals surface area contributed by atoms with Gasteiger partial charge in [0, 0.05) is 10.0 Å². The minimum atomic E-state index is -0.390. The van der Waals surface area contributed by atoms with Crippen molar-refractivity contribution >= 4 is 32.5 Å². The molecule has 102 valence electrons. The van der Waals surface area contributed by atoms with E-state index in [2.05, 4.69) is 26.2 Å². The van der Waals surface area contributed by atoms with Crippen molar-refractivity contribution in [3.05, 3.63) is 63.4 Å². The van der Waals surface area contributed by atoms with Gasteiger partial charge in [-0.1, -0.05) is 45.4 Å². The fourth-order valence-electron chi connectivity index (χ4n) is 2.28. The molecule has 2 heterocycles. The van der Waals surface area contributed by atoms with Gasteiger partial charge in [0.25, 0.3) is 5.71 Å². The summed E-state index contributed by atoms with van der Waals surface area (Å²) < 4.78 is 7.92. The minimum absolute atomic E-state index is 0.348. The fourth-order valence-corrected chi connectivity index (χ4v) is 2.55. The second kappa shape index (κ2) is 4.53. The van der Waals surface area contributed by atoms with Crippen molar-refractivity contribution < 1.29 is 4.42 Å². The highest BCUT2D eigenvalue weighted by Gasteiger charge is 2.15. The van der Waals surface area contributed by atoms with Gasteiger partial charge in [-0.25, -0.2) is 4.79 Å². The average molecular weight is 342 g/mol. The van der Waals surface area contributed by atoms with Gasteiger partial charge < -0.3 is 4.42 Å². The van der Waals surface area contributed by atoms with E-state index < -0.39 is 5.63 Å². The van der Waals surface area contributed by atoms with Gasteiger partial charge in [-0.2, -0.15) is 4.52 Å². The van der Waals surface area contributed by atoms with Crippen LogP contribution < -0.4 is 5.63 Å². The monoisotopic (exact) mass is 341 g/mol. The number of aromatic nitrogens is 3. The predicted molar refractivity (Wildman–Crippen MR) is 82.2 cm³/mol. The van der Waals surface area contributed by atoms with E-state index in [0.717, 1.165) is 10.0 Å². The molecule has 2 aromatic heterocycles. The van der Waals surface area contributed by atoms with Crippen LogP contribution in [0.5, 0.6) is 0 Å². The summed E-state index contributed by atoms with van der Waals surface area (Å²) in [6, 6.07) is 14.8. The third-order valence-corrected chi connectivity index (χ3v) is 3.82. The van der Waals surface area contributed by atoms with E-state index in [4.69, 9.17) is 4.42 Å². The van der Waals surface area contributed by atoms with E-state index >= 15 is 0 Å². The molecule has 0 unspecified atom stereocenters. The van der Waals surface area contributed by atoms with E-state index in [-0.39, 0.29) is 0 Å². The summed E-state index contributed by atoms with van der Waals surface area (Å²) in [6.45, 7) is 0. The lowest BCUT2D eigenvalue weighted by Crippen LogP contribution is -2.04. The molecule has 2 aromatic carbocycles. The van der Waals surface area contributed by atoms with Crippen molar-refractivity contribution in [2.45, 2.75) is 0 Å². The maximum Gasteiger partial charge on any atom is 0.347 e. The minimum Gasteiger partial charge on any atom is -0.401 e. The fraction of sp³-hybridized carbons (Fsp3) is 0. The Morgan fingerprint density at radius 3 is 2.62 bits per heavy atom. The summed E-state index contributed by atoms with van der Waals surface area (Å²) in [6.07, 6.45) is 0. The first-order chi connectivity index (χ1) is 10.2. The highest BCUT2D eigenvalue weighted by atomic mass is 79.9. The lowest BCUT2D eigenvalue weighted by Gasteiger charge is -2.00. The SMILES string of the molecule is O=c1oc2c(-c3ccc(Br)cc3)nnn2c2ccccc12. The van der Waals surface area contributed by atoms with E-state index in [1.807, 2.05) is 36.4 Å². The molecule has 0 amide bonds. The number of nitrogens with zero attached hydrogens (tertiary/aromatic N) is 3. The Labute approximate surface area is 126 Å². The van der Waals surface area contributed by atoms with Crippen molar-refractivity contribution in [2.24, 2.45) is 0 Å². The van der Waals surface area contributed by atoms with Gasteiger partial charge in [0.05, 0.1) is 10.9 Å². The van der Waals surface area contributed by atoms with Gasteiger partial charge in [-0.3, -0.25) is 0 Å². The second-order valence-corrected chi connectivity index (χ2v) is 5.48. The number of benzene rings is 2. The maximum atomic E-state index is 12.1. The van der Waals surface area contributed by atoms with Crippen molar-refractivity contribution in [1.29, 1.82) is 0 Å². The molecule has 0 aliphatic heterocycles. The first kappa shape index (κ1) is 12.3. The Balaban J connectivity index is 2.09. The molecule has 0 spiro atoms. The quantitative estimate of drug-likeness (QED) is 0.533. The Morgan fingerprint density at radius 1 is 1.05 bits per heavy atom. The predicted octanol–water partition coefficient (Wildman–Crippen LogP) is 3.27. The molecule has 6 heteroatoms. The van der Waals surface area contributed by atoms with Crippen molar-refractivity contribution in [3.8, 4) is 11.3 Å². The van der Waals surface area contributed by atoms with Crippen LogP contribution in [0.1, 0.15) is 0 Å². The van der Waals surface area contributed by atoms with Gasteiger partial charge in [0.1, 0.15) is 0 Å². The van der Waals surface area contributed by atoms with Gasteiger partial charge in [-0.05, 0) is 24.3 Å². The molecule has 0 saturated carbocycles. The van der Waals surface area contributed by atoms with E-state index in [1.165, 1.54) is 0 Å². The lowest BCUT2D eigenvalue weighted by molar-refractivity contribution is 0.543. The smallest absolute Gasteiger partial charge is 0.347 e. The zero-order chi connectivity index (χ0) is 14.4. The summed E-state index contributed by atoms with van der Waals surface area (Å²) in [7, 11) is 0. The molecule has 0 radical (unpaired) electrons. The first-order valence-electron chi connectivity index (χ1n) is 6.27. The zero-order valence-electron chi connectivity index (χ0n) is 10.7. The zero-order valence-corrected chi connectivity index (χ0v) is 12.2. The first-order valence-corrected chi connectivity index (χ1v) is 7.06. The average Bonchev–Trinajstić information content (AvgIpc) is 2.92. The number of halogens is 1. The van der Waals surface area contributed by atoms with E-state index in [0.29, 0.717) is 22.3 Å². The molecule has 4 rings (SSSR count). The molecule has 21 heavy (non-hydrogen) atoms. The Hall–Kier alpha value is -2.47. The summed E-state index contributed by atoms with van der Waals surface area (Å²) in [5.74, 6) is 0. The van der Waals surface area contributed by atoms with Crippen LogP contribution in [0.15, 0.2) is 62.2 Å². The van der Waals surface area contributed by atoms with Crippen LogP contribution in [-0.4, -0.2) is 14.8 Å². The van der Waals surface area contributed by atoms with Crippen LogP contribution in [0, 0.1) is 0 Å². The number of hydrogen-bond acceptors (Lipinski definition) is 4. The van der Waals surface area contributed by atoms with Gasteiger partial charge in [0.15, 0.2) is 5.69 Å². The molecule has 4 aromatic rings. The van der Waals surface area contributed by atoms with Crippen LogP contribution in [-0.2, 0) is 0 Å². The molecule has 0 atom stereocenters.